The normalized spacial score (nSPS) is 14.8. The molecule has 0 bridgehead atoms. The van der Waals surface area contributed by atoms with Gasteiger partial charge < -0.3 is 4.90 Å². The summed E-state index contributed by atoms with van der Waals surface area (Å²) >= 11 is 5.02. The molecule has 1 aromatic carbocycles. The SMILES string of the molecule is CC(C)(C)c1ncc(C(=O)N(Cc2cccc(Br)c2)C2CC2)s1. The Balaban J connectivity index is 1.81. The first-order valence-electron chi connectivity index (χ1n) is 7.86. The molecular weight excluding hydrogens is 372 g/mol. The van der Waals surface area contributed by atoms with Gasteiger partial charge in [0, 0.05) is 22.5 Å². The maximum absolute atomic E-state index is 12.9. The highest BCUT2D eigenvalue weighted by atomic mass is 79.9. The van der Waals surface area contributed by atoms with Crippen LogP contribution in [0.1, 0.15) is 53.9 Å². The van der Waals surface area contributed by atoms with Gasteiger partial charge in [-0.3, -0.25) is 4.79 Å². The van der Waals surface area contributed by atoms with E-state index >= 15 is 0 Å². The molecule has 3 rings (SSSR count). The van der Waals surface area contributed by atoms with Gasteiger partial charge in [-0.25, -0.2) is 4.98 Å². The molecule has 1 aromatic heterocycles. The van der Waals surface area contributed by atoms with Gasteiger partial charge in [-0.2, -0.15) is 0 Å². The first kappa shape index (κ1) is 16.7. The Morgan fingerprint density at radius 1 is 1.39 bits per heavy atom. The van der Waals surface area contributed by atoms with Gasteiger partial charge in [-0.15, -0.1) is 11.3 Å². The van der Waals surface area contributed by atoms with Crippen LogP contribution in [-0.2, 0) is 12.0 Å². The van der Waals surface area contributed by atoms with Crippen molar-refractivity contribution in [1.29, 1.82) is 0 Å². The number of carbonyl (C=O) groups excluding carboxylic acids is 1. The van der Waals surface area contributed by atoms with Crippen LogP contribution in [0.3, 0.4) is 0 Å². The Morgan fingerprint density at radius 2 is 2.13 bits per heavy atom. The van der Waals surface area contributed by atoms with E-state index in [9.17, 15) is 4.79 Å². The van der Waals surface area contributed by atoms with Crippen LogP contribution in [-0.4, -0.2) is 21.8 Å². The number of aromatic nitrogens is 1. The van der Waals surface area contributed by atoms with E-state index in [2.05, 4.69) is 53.8 Å². The number of hydrogen-bond donors (Lipinski definition) is 0. The number of carbonyl (C=O) groups is 1. The number of amides is 1. The first-order chi connectivity index (χ1) is 10.8. The van der Waals surface area contributed by atoms with Crippen LogP contribution in [0.15, 0.2) is 34.9 Å². The van der Waals surface area contributed by atoms with E-state index in [1.807, 2.05) is 17.0 Å². The fourth-order valence-electron chi connectivity index (χ4n) is 2.45. The zero-order valence-electron chi connectivity index (χ0n) is 13.7. The van der Waals surface area contributed by atoms with E-state index in [1.165, 1.54) is 11.3 Å². The molecule has 2 aromatic rings. The first-order valence-corrected chi connectivity index (χ1v) is 9.47. The molecule has 0 aliphatic heterocycles. The molecule has 1 aliphatic carbocycles. The van der Waals surface area contributed by atoms with Crippen molar-refractivity contribution in [2.45, 2.75) is 51.6 Å². The van der Waals surface area contributed by atoms with Crippen LogP contribution in [0.5, 0.6) is 0 Å². The Kier molecular flexibility index (Phi) is 4.61. The average molecular weight is 393 g/mol. The molecule has 5 heteroatoms. The van der Waals surface area contributed by atoms with Gasteiger partial charge in [0.2, 0.25) is 0 Å². The van der Waals surface area contributed by atoms with E-state index in [4.69, 9.17) is 0 Å². The van der Waals surface area contributed by atoms with Gasteiger partial charge >= 0.3 is 0 Å². The van der Waals surface area contributed by atoms with E-state index in [0.717, 1.165) is 32.8 Å². The number of benzene rings is 1. The van der Waals surface area contributed by atoms with Gasteiger partial charge in [0.05, 0.1) is 11.2 Å². The summed E-state index contributed by atoms with van der Waals surface area (Å²) in [6, 6.07) is 8.54. The van der Waals surface area contributed by atoms with E-state index in [0.29, 0.717) is 12.6 Å². The third kappa shape index (κ3) is 4.01. The average Bonchev–Trinajstić information content (AvgIpc) is 3.18. The molecule has 23 heavy (non-hydrogen) atoms. The third-order valence-corrected chi connectivity index (χ3v) is 5.75. The molecule has 1 aliphatic rings. The topological polar surface area (TPSA) is 33.2 Å². The van der Waals surface area contributed by atoms with Crippen LogP contribution in [0.25, 0.3) is 0 Å². The summed E-state index contributed by atoms with van der Waals surface area (Å²) < 4.78 is 1.05. The van der Waals surface area contributed by atoms with Gasteiger partial charge in [0.15, 0.2) is 0 Å². The summed E-state index contributed by atoms with van der Waals surface area (Å²) in [5, 5.41) is 1.01. The summed E-state index contributed by atoms with van der Waals surface area (Å²) in [5.74, 6) is 0.112. The van der Waals surface area contributed by atoms with Crippen molar-refractivity contribution >= 4 is 33.2 Å². The molecule has 1 amide bonds. The van der Waals surface area contributed by atoms with Crippen LogP contribution in [0, 0.1) is 0 Å². The number of hydrogen-bond acceptors (Lipinski definition) is 3. The molecule has 0 saturated heterocycles. The minimum atomic E-state index is -0.0160. The zero-order chi connectivity index (χ0) is 16.6. The number of thiazole rings is 1. The number of rotatable bonds is 4. The molecule has 0 spiro atoms. The molecule has 1 saturated carbocycles. The van der Waals surface area contributed by atoms with E-state index < -0.39 is 0 Å². The van der Waals surface area contributed by atoms with Crippen molar-refractivity contribution in [2.24, 2.45) is 0 Å². The fraction of sp³-hybridized carbons (Fsp3) is 0.444. The lowest BCUT2D eigenvalue weighted by atomic mass is 9.98. The lowest BCUT2D eigenvalue weighted by Gasteiger charge is -2.22. The Hall–Kier alpha value is -1.20. The fourth-order valence-corrected chi connectivity index (χ4v) is 3.82. The zero-order valence-corrected chi connectivity index (χ0v) is 16.1. The largest absolute Gasteiger partial charge is 0.331 e. The lowest BCUT2D eigenvalue weighted by molar-refractivity contribution is 0.0734. The minimum Gasteiger partial charge on any atom is -0.331 e. The summed E-state index contributed by atoms with van der Waals surface area (Å²) in [6.45, 7) is 7.03. The van der Waals surface area contributed by atoms with Gasteiger partial charge in [-0.05, 0) is 30.5 Å². The van der Waals surface area contributed by atoms with Crippen LogP contribution < -0.4 is 0 Å². The third-order valence-electron chi connectivity index (χ3n) is 3.85. The van der Waals surface area contributed by atoms with Crippen LogP contribution in [0.2, 0.25) is 0 Å². The van der Waals surface area contributed by atoms with E-state index in [-0.39, 0.29) is 11.3 Å². The highest BCUT2D eigenvalue weighted by molar-refractivity contribution is 9.10. The van der Waals surface area contributed by atoms with Crippen LogP contribution >= 0.6 is 27.3 Å². The van der Waals surface area contributed by atoms with Crippen molar-refractivity contribution in [1.82, 2.24) is 9.88 Å². The molecule has 0 unspecified atom stereocenters. The molecule has 0 N–H and O–H groups in total. The Morgan fingerprint density at radius 3 is 2.70 bits per heavy atom. The lowest BCUT2D eigenvalue weighted by Crippen LogP contribution is -2.32. The highest BCUT2D eigenvalue weighted by Crippen LogP contribution is 2.33. The van der Waals surface area contributed by atoms with Gasteiger partial charge in [-0.1, -0.05) is 48.8 Å². The second-order valence-corrected chi connectivity index (χ2v) is 9.02. The maximum Gasteiger partial charge on any atom is 0.266 e. The molecule has 122 valence electrons. The monoisotopic (exact) mass is 392 g/mol. The molecule has 1 fully saturated rings. The predicted octanol–water partition coefficient (Wildman–Crippen LogP) is 5.01. The van der Waals surface area contributed by atoms with Crippen molar-refractivity contribution < 1.29 is 4.79 Å². The maximum atomic E-state index is 12.9. The predicted molar refractivity (Wildman–Crippen MR) is 97.9 cm³/mol. The van der Waals surface area contributed by atoms with Crippen molar-refractivity contribution in [3.05, 3.63) is 50.4 Å². The molecule has 3 nitrogen and oxygen atoms in total. The Bertz CT molecular complexity index is 716. The summed E-state index contributed by atoms with van der Waals surface area (Å²) in [7, 11) is 0. The minimum absolute atomic E-state index is 0.0160. The van der Waals surface area contributed by atoms with Gasteiger partial charge in [0.1, 0.15) is 4.88 Å². The van der Waals surface area contributed by atoms with Crippen molar-refractivity contribution in [3.63, 3.8) is 0 Å². The molecular formula is C18H21BrN2OS. The standard InChI is InChI=1S/C18H21BrN2OS/c1-18(2,3)17-20-10-15(23-17)16(22)21(14-7-8-14)11-12-5-4-6-13(19)9-12/h4-6,9-10,14H,7-8,11H2,1-3H3. The molecule has 0 radical (unpaired) electrons. The molecule has 1 heterocycles. The van der Waals surface area contributed by atoms with Crippen molar-refractivity contribution in [2.75, 3.05) is 0 Å². The summed E-state index contributed by atoms with van der Waals surface area (Å²) in [5.41, 5.74) is 1.14. The van der Waals surface area contributed by atoms with E-state index in [1.54, 1.807) is 6.20 Å². The molecule has 0 atom stereocenters. The summed E-state index contributed by atoms with van der Waals surface area (Å²) in [4.78, 5) is 20.1. The second kappa shape index (κ2) is 6.36. The highest BCUT2D eigenvalue weighted by Gasteiger charge is 2.34. The summed E-state index contributed by atoms with van der Waals surface area (Å²) in [6.07, 6.45) is 3.94. The Labute approximate surface area is 149 Å². The quantitative estimate of drug-likeness (QED) is 0.732. The smallest absolute Gasteiger partial charge is 0.266 e. The number of nitrogens with zero attached hydrogens (tertiary/aromatic N) is 2. The van der Waals surface area contributed by atoms with Gasteiger partial charge in [0.25, 0.3) is 5.91 Å². The van der Waals surface area contributed by atoms with Crippen molar-refractivity contribution in [3.8, 4) is 0 Å². The van der Waals surface area contributed by atoms with Crippen LogP contribution in [0.4, 0.5) is 0 Å². The second-order valence-electron chi connectivity index (χ2n) is 7.07. The number of halogens is 1.